The minimum atomic E-state index is 0.385. The highest BCUT2D eigenvalue weighted by Gasteiger charge is 2.26. The fourth-order valence-electron chi connectivity index (χ4n) is 3.07. The summed E-state index contributed by atoms with van der Waals surface area (Å²) in [7, 11) is 1.72. The first kappa shape index (κ1) is 15.1. The monoisotopic (exact) mass is 277 g/mol. The third kappa shape index (κ3) is 3.42. The van der Waals surface area contributed by atoms with Gasteiger partial charge < -0.3 is 15.4 Å². The molecule has 0 radical (unpaired) electrons. The van der Waals surface area contributed by atoms with Crippen LogP contribution in [0.2, 0.25) is 0 Å². The summed E-state index contributed by atoms with van der Waals surface area (Å²) in [5.74, 6) is 0.874. The van der Waals surface area contributed by atoms with Gasteiger partial charge in [-0.3, -0.25) is 4.98 Å². The highest BCUT2D eigenvalue weighted by Crippen LogP contribution is 2.33. The lowest BCUT2D eigenvalue weighted by atomic mass is 9.90. The summed E-state index contributed by atoms with van der Waals surface area (Å²) in [6.07, 6.45) is 7.56. The summed E-state index contributed by atoms with van der Waals surface area (Å²) in [6, 6.07) is 3.10. The first-order valence-corrected chi connectivity index (χ1v) is 7.68. The molecule has 1 aliphatic rings. The fourth-order valence-corrected chi connectivity index (χ4v) is 3.07. The van der Waals surface area contributed by atoms with E-state index in [1.165, 1.54) is 18.5 Å². The van der Waals surface area contributed by atoms with E-state index in [2.05, 4.69) is 22.9 Å². The highest BCUT2D eigenvalue weighted by atomic mass is 16.5. The van der Waals surface area contributed by atoms with Crippen molar-refractivity contribution in [2.24, 2.45) is 5.73 Å². The number of pyridine rings is 1. The zero-order valence-corrected chi connectivity index (χ0v) is 12.9. The van der Waals surface area contributed by atoms with Crippen LogP contribution in [-0.2, 0) is 0 Å². The van der Waals surface area contributed by atoms with Gasteiger partial charge in [0.2, 0.25) is 0 Å². The summed E-state index contributed by atoms with van der Waals surface area (Å²) in [5, 5.41) is 0. The number of aromatic nitrogens is 1. The summed E-state index contributed by atoms with van der Waals surface area (Å²) >= 11 is 0. The van der Waals surface area contributed by atoms with E-state index in [1.807, 2.05) is 13.1 Å². The molecule has 112 valence electrons. The molecule has 1 aromatic rings. The summed E-state index contributed by atoms with van der Waals surface area (Å²) in [4.78, 5) is 6.84. The molecule has 0 unspecified atom stereocenters. The summed E-state index contributed by atoms with van der Waals surface area (Å²) < 4.78 is 5.51. The van der Waals surface area contributed by atoms with Crippen LogP contribution in [0.1, 0.15) is 44.7 Å². The lowest BCUT2D eigenvalue weighted by Crippen LogP contribution is -2.41. The Labute approximate surface area is 122 Å². The Kier molecular flexibility index (Phi) is 5.24. The zero-order valence-electron chi connectivity index (χ0n) is 12.9. The van der Waals surface area contributed by atoms with Crippen molar-refractivity contribution in [1.82, 2.24) is 4.98 Å². The maximum absolute atomic E-state index is 6.04. The van der Waals surface area contributed by atoms with Gasteiger partial charge in [-0.05, 0) is 45.1 Å². The van der Waals surface area contributed by atoms with Gasteiger partial charge in [-0.2, -0.15) is 0 Å². The maximum atomic E-state index is 6.04. The number of rotatable bonds is 5. The molecule has 4 nitrogen and oxygen atoms in total. The SMILES string of the molecule is CCCN(c1cc(C)ncc1OC)C1CCC(N)CC1. The van der Waals surface area contributed by atoms with Crippen molar-refractivity contribution in [1.29, 1.82) is 0 Å². The number of hydrogen-bond acceptors (Lipinski definition) is 4. The molecule has 0 aromatic carbocycles. The van der Waals surface area contributed by atoms with Gasteiger partial charge in [0.05, 0.1) is 19.0 Å². The van der Waals surface area contributed by atoms with E-state index < -0.39 is 0 Å². The summed E-state index contributed by atoms with van der Waals surface area (Å²) in [5.41, 5.74) is 8.26. The smallest absolute Gasteiger partial charge is 0.160 e. The van der Waals surface area contributed by atoms with Crippen LogP contribution in [0.4, 0.5) is 5.69 Å². The van der Waals surface area contributed by atoms with E-state index in [4.69, 9.17) is 10.5 Å². The predicted molar refractivity (Wildman–Crippen MR) is 83.4 cm³/mol. The average Bonchev–Trinajstić information content (AvgIpc) is 2.46. The number of ether oxygens (including phenoxy) is 1. The van der Waals surface area contributed by atoms with E-state index in [9.17, 15) is 0 Å². The van der Waals surface area contributed by atoms with Gasteiger partial charge in [-0.15, -0.1) is 0 Å². The van der Waals surface area contributed by atoms with E-state index in [0.29, 0.717) is 12.1 Å². The number of nitrogens with two attached hydrogens (primary N) is 1. The van der Waals surface area contributed by atoms with Crippen molar-refractivity contribution < 1.29 is 4.74 Å². The van der Waals surface area contributed by atoms with Crippen molar-refractivity contribution in [3.8, 4) is 5.75 Å². The van der Waals surface area contributed by atoms with Crippen molar-refractivity contribution in [3.63, 3.8) is 0 Å². The molecule has 1 aliphatic carbocycles. The Hall–Kier alpha value is -1.29. The first-order chi connectivity index (χ1) is 9.65. The standard InChI is InChI=1S/C16H27N3O/c1-4-9-19(14-7-5-13(17)6-8-14)15-10-12(2)18-11-16(15)20-3/h10-11,13-14H,4-9,17H2,1-3H3. The Balaban J connectivity index is 2.25. The number of aryl methyl sites for hydroxylation is 1. The summed E-state index contributed by atoms with van der Waals surface area (Å²) in [6.45, 7) is 5.31. The Morgan fingerprint density at radius 3 is 2.65 bits per heavy atom. The van der Waals surface area contributed by atoms with Crippen LogP contribution in [0, 0.1) is 6.92 Å². The molecule has 0 amide bonds. The van der Waals surface area contributed by atoms with E-state index in [0.717, 1.165) is 37.3 Å². The van der Waals surface area contributed by atoms with Gasteiger partial charge in [-0.1, -0.05) is 6.92 Å². The Morgan fingerprint density at radius 1 is 1.35 bits per heavy atom. The molecule has 1 aromatic heterocycles. The molecule has 1 heterocycles. The normalized spacial score (nSPS) is 22.6. The Bertz CT molecular complexity index is 428. The third-order valence-corrected chi connectivity index (χ3v) is 4.16. The van der Waals surface area contributed by atoms with Gasteiger partial charge >= 0.3 is 0 Å². The van der Waals surface area contributed by atoms with Crippen molar-refractivity contribution in [3.05, 3.63) is 18.0 Å². The van der Waals surface area contributed by atoms with Gasteiger partial charge in [0, 0.05) is 24.3 Å². The van der Waals surface area contributed by atoms with E-state index in [-0.39, 0.29) is 0 Å². The minimum absolute atomic E-state index is 0.385. The second-order valence-electron chi connectivity index (χ2n) is 5.76. The topological polar surface area (TPSA) is 51.4 Å². The van der Waals surface area contributed by atoms with Gasteiger partial charge in [0.1, 0.15) is 0 Å². The minimum Gasteiger partial charge on any atom is -0.493 e. The molecule has 0 bridgehead atoms. The van der Waals surface area contributed by atoms with Gasteiger partial charge in [0.25, 0.3) is 0 Å². The third-order valence-electron chi connectivity index (χ3n) is 4.16. The number of hydrogen-bond donors (Lipinski definition) is 1. The van der Waals surface area contributed by atoms with Crippen LogP contribution < -0.4 is 15.4 Å². The van der Waals surface area contributed by atoms with E-state index in [1.54, 1.807) is 7.11 Å². The lowest BCUT2D eigenvalue weighted by Gasteiger charge is -2.38. The van der Waals surface area contributed by atoms with Crippen LogP contribution in [0.25, 0.3) is 0 Å². The van der Waals surface area contributed by atoms with Gasteiger partial charge in [-0.25, -0.2) is 0 Å². The lowest BCUT2D eigenvalue weighted by molar-refractivity contribution is 0.368. The first-order valence-electron chi connectivity index (χ1n) is 7.68. The predicted octanol–water partition coefficient (Wildman–Crippen LogP) is 2.88. The van der Waals surface area contributed by atoms with Crippen LogP contribution in [0.3, 0.4) is 0 Å². The fraction of sp³-hybridized carbons (Fsp3) is 0.688. The average molecular weight is 277 g/mol. The molecule has 2 N–H and O–H groups in total. The molecule has 20 heavy (non-hydrogen) atoms. The second-order valence-corrected chi connectivity index (χ2v) is 5.76. The number of methoxy groups -OCH3 is 1. The largest absolute Gasteiger partial charge is 0.493 e. The van der Waals surface area contributed by atoms with Crippen molar-refractivity contribution in [2.75, 3.05) is 18.6 Å². The highest BCUT2D eigenvalue weighted by molar-refractivity contribution is 5.59. The molecule has 0 aliphatic heterocycles. The molecular weight excluding hydrogens is 250 g/mol. The van der Waals surface area contributed by atoms with Crippen LogP contribution in [-0.4, -0.2) is 30.7 Å². The second kappa shape index (κ2) is 6.93. The molecular formula is C16H27N3O. The zero-order chi connectivity index (χ0) is 14.5. The number of anilines is 1. The van der Waals surface area contributed by atoms with Gasteiger partial charge in [0.15, 0.2) is 5.75 Å². The Morgan fingerprint density at radius 2 is 2.05 bits per heavy atom. The van der Waals surface area contributed by atoms with Crippen LogP contribution >= 0.6 is 0 Å². The molecule has 0 spiro atoms. The quantitative estimate of drug-likeness (QED) is 0.899. The van der Waals surface area contributed by atoms with Crippen LogP contribution in [0.15, 0.2) is 12.3 Å². The van der Waals surface area contributed by atoms with E-state index >= 15 is 0 Å². The molecule has 1 fully saturated rings. The molecule has 2 rings (SSSR count). The number of nitrogens with zero attached hydrogens (tertiary/aromatic N) is 2. The molecule has 1 saturated carbocycles. The van der Waals surface area contributed by atoms with Crippen molar-refractivity contribution in [2.45, 2.75) is 58.0 Å². The molecule has 0 atom stereocenters. The van der Waals surface area contributed by atoms with Crippen molar-refractivity contribution >= 4 is 5.69 Å². The molecule has 4 heteroatoms. The molecule has 0 saturated heterocycles. The maximum Gasteiger partial charge on any atom is 0.160 e. The van der Waals surface area contributed by atoms with Crippen LogP contribution in [0.5, 0.6) is 5.75 Å².